The van der Waals surface area contributed by atoms with Gasteiger partial charge in [-0.3, -0.25) is 4.68 Å². The highest BCUT2D eigenvalue weighted by molar-refractivity contribution is 5.41. The minimum absolute atomic E-state index is 0.216. The lowest BCUT2D eigenvalue weighted by Crippen LogP contribution is -1.98. The number of rotatable bonds is 1. The van der Waals surface area contributed by atoms with Crippen LogP contribution < -0.4 is 5.73 Å². The summed E-state index contributed by atoms with van der Waals surface area (Å²) in [5, 5.41) is 3.99. The molecular weight excluding hydrogens is 130 g/mol. The number of aromatic nitrogens is 2. The summed E-state index contributed by atoms with van der Waals surface area (Å²) in [5.41, 5.74) is 6.68. The van der Waals surface area contributed by atoms with Crippen LogP contribution in [-0.2, 0) is 11.8 Å². The zero-order valence-electron chi connectivity index (χ0n) is 5.74. The summed E-state index contributed by atoms with van der Waals surface area (Å²) >= 11 is 0. The predicted molar refractivity (Wildman–Crippen MR) is 36.3 cm³/mol. The Morgan fingerprint density at radius 2 is 2.60 bits per heavy atom. The van der Waals surface area contributed by atoms with E-state index in [1.807, 2.05) is 7.05 Å². The number of nitrogen functional groups attached to an aromatic ring is 1. The molecule has 0 bridgehead atoms. The molecular formula is C6H9N3O. The molecule has 10 heavy (non-hydrogen) atoms. The third kappa shape index (κ3) is 0.690. The fourth-order valence-corrected chi connectivity index (χ4v) is 0.940. The van der Waals surface area contributed by atoms with Gasteiger partial charge < -0.3 is 10.5 Å². The fraction of sp³-hybridized carbons (Fsp3) is 0.500. The number of epoxide rings is 1. The predicted octanol–water partition coefficient (Wildman–Crippen LogP) is 0.0736. The van der Waals surface area contributed by atoms with E-state index in [0.29, 0.717) is 5.82 Å². The molecule has 0 amide bonds. The van der Waals surface area contributed by atoms with Crippen LogP contribution >= 0.6 is 0 Å². The van der Waals surface area contributed by atoms with Crippen molar-refractivity contribution in [1.29, 1.82) is 0 Å². The van der Waals surface area contributed by atoms with Crippen molar-refractivity contribution in [3.8, 4) is 0 Å². The van der Waals surface area contributed by atoms with Crippen molar-refractivity contribution >= 4 is 5.82 Å². The molecule has 1 aliphatic rings. The van der Waals surface area contributed by atoms with E-state index in [0.717, 1.165) is 12.2 Å². The lowest BCUT2D eigenvalue weighted by atomic mass is 10.2. The first kappa shape index (κ1) is 5.73. The number of nitrogens with zero attached hydrogens (tertiary/aromatic N) is 2. The molecule has 4 heteroatoms. The molecule has 0 radical (unpaired) electrons. The molecule has 0 aliphatic carbocycles. The third-order valence-electron chi connectivity index (χ3n) is 1.69. The maximum absolute atomic E-state index is 5.66. The molecule has 2 heterocycles. The van der Waals surface area contributed by atoms with Crippen LogP contribution in [0, 0.1) is 0 Å². The maximum Gasteiger partial charge on any atom is 0.127 e. The monoisotopic (exact) mass is 139 g/mol. The molecule has 1 aliphatic heterocycles. The second kappa shape index (κ2) is 1.73. The molecule has 0 saturated carbocycles. The zero-order valence-corrected chi connectivity index (χ0v) is 5.74. The molecule has 2 rings (SSSR count). The van der Waals surface area contributed by atoms with Gasteiger partial charge in [0.2, 0.25) is 0 Å². The van der Waals surface area contributed by atoms with Crippen LogP contribution in [0.1, 0.15) is 11.7 Å². The topological polar surface area (TPSA) is 56.4 Å². The van der Waals surface area contributed by atoms with Crippen molar-refractivity contribution in [2.24, 2.45) is 7.05 Å². The smallest absolute Gasteiger partial charge is 0.127 e. The van der Waals surface area contributed by atoms with E-state index in [9.17, 15) is 0 Å². The van der Waals surface area contributed by atoms with Crippen LogP contribution in [-0.4, -0.2) is 16.4 Å². The van der Waals surface area contributed by atoms with Crippen LogP contribution in [0.25, 0.3) is 0 Å². The number of ether oxygens (including phenoxy) is 1. The van der Waals surface area contributed by atoms with E-state index in [2.05, 4.69) is 5.10 Å². The van der Waals surface area contributed by atoms with Crippen molar-refractivity contribution < 1.29 is 4.74 Å². The normalized spacial score (nSPS) is 23.1. The van der Waals surface area contributed by atoms with E-state index in [1.165, 1.54) is 0 Å². The van der Waals surface area contributed by atoms with E-state index in [1.54, 1.807) is 10.9 Å². The summed E-state index contributed by atoms with van der Waals surface area (Å²) < 4.78 is 6.71. The van der Waals surface area contributed by atoms with Gasteiger partial charge in [-0.1, -0.05) is 0 Å². The summed E-state index contributed by atoms with van der Waals surface area (Å²) in [6, 6.07) is 0. The minimum atomic E-state index is 0.216. The Morgan fingerprint density at radius 3 is 3.00 bits per heavy atom. The molecule has 1 aromatic heterocycles. The van der Waals surface area contributed by atoms with Crippen molar-refractivity contribution in [2.45, 2.75) is 6.10 Å². The molecule has 0 aromatic carbocycles. The summed E-state index contributed by atoms with van der Waals surface area (Å²) in [5.74, 6) is 0.711. The Morgan fingerprint density at radius 1 is 1.90 bits per heavy atom. The highest BCUT2D eigenvalue weighted by Gasteiger charge is 2.28. The molecule has 2 N–H and O–H groups in total. The third-order valence-corrected chi connectivity index (χ3v) is 1.69. The molecule has 4 nitrogen and oxygen atoms in total. The minimum Gasteiger partial charge on any atom is -0.384 e. The molecule has 0 unspecified atom stereocenters. The van der Waals surface area contributed by atoms with Crippen LogP contribution in [0.15, 0.2) is 6.20 Å². The summed E-state index contributed by atoms with van der Waals surface area (Å²) in [6.07, 6.45) is 1.97. The first-order valence-corrected chi connectivity index (χ1v) is 3.18. The molecule has 0 spiro atoms. The quantitative estimate of drug-likeness (QED) is 0.560. The van der Waals surface area contributed by atoms with Gasteiger partial charge in [-0.15, -0.1) is 0 Å². The van der Waals surface area contributed by atoms with Gasteiger partial charge in [-0.25, -0.2) is 0 Å². The van der Waals surface area contributed by atoms with Crippen LogP contribution in [0.2, 0.25) is 0 Å². The summed E-state index contributed by atoms with van der Waals surface area (Å²) in [6.45, 7) is 0.788. The van der Waals surface area contributed by atoms with Crippen molar-refractivity contribution in [1.82, 2.24) is 9.78 Å². The van der Waals surface area contributed by atoms with Gasteiger partial charge in [0.05, 0.1) is 12.8 Å². The van der Waals surface area contributed by atoms with Gasteiger partial charge in [0.15, 0.2) is 0 Å². The first-order valence-electron chi connectivity index (χ1n) is 3.18. The van der Waals surface area contributed by atoms with Gasteiger partial charge in [0.25, 0.3) is 0 Å². The second-order valence-electron chi connectivity index (χ2n) is 2.43. The Hall–Kier alpha value is -1.03. The largest absolute Gasteiger partial charge is 0.384 e. The van der Waals surface area contributed by atoms with Crippen LogP contribution in [0.3, 0.4) is 0 Å². The molecule has 54 valence electrons. The zero-order chi connectivity index (χ0) is 7.14. The van der Waals surface area contributed by atoms with Gasteiger partial charge in [-0.2, -0.15) is 5.10 Å². The van der Waals surface area contributed by atoms with E-state index < -0.39 is 0 Å². The van der Waals surface area contributed by atoms with Crippen LogP contribution in [0.4, 0.5) is 5.82 Å². The van der Waals surface area contributed by atoms with Crippen molar-refractivity contribution in [3.63, 3.8) is 0 Å². The lowest BCUT2D eigenvalue weighted by molar-refractivity contribution is 0.416. The van der Waals surface area contributed by atoms with Gasteiger partial charge >= 0.3 is 0 Å². The van der Waals surface area contributed by atoms with Gasteiger partial charge in [0.1, 0.15) is 11.9 Å². The van der Waals surface area contributed by atoms with Gasteiger partial charge in [0, 0.05) is 12.6 Å². The number of nitrogens with two attached hydrogens (primary N) is 1. The standard InChI is InChI=1S/C6H9N3O/c1-9-6(7)4(2-8-9)5-3-10-5/h2,5H,3,7H2,1H3/t5-/m1/s1. The summed E-state index contributed by atoms with van der Waals surface area (Å²) in [4.78, 5) is 0. The average Bonchev–Trinajstić information content (AvgIpc) is 2.67. The first-order chi connectivity index (χ1) is 4.79. The van der Waals surface area contributed by atoms with Crippen LogP contribution in [0.5, 0.6) is 0 Å². The molecule has 1 aromatic rings. The SMILES string of the molecule is Cn1ncc([C@H]2CO2)c1N. The number of anilines is 1. The van der Waals surface area contributed by atoms with E-state index >= 15 is 0 Å². The average molecular weight is 139 g/mol. The Bertz CT molecular complexity index is 251. The Balaban J connectivity index is 2.40. The maximum atomic E-state index is 5.66. The lowest BCUT2D eigenvalue weighted by Gasteiger charge is -1.93. The van der Waals surface area contributed by atoms with Gasteiger partial charge in [-0.05, 0) is 0 Å². The molecule has 1 fully saturated rings. The highest BCUT2D eigenvalue weighted by Crippen LogP contribution is 2.32. The Kier molecular flexibility index (Phi) is 0.990. The number of aryl methyl sites for hydroxylation is 1. The fourth-order valence-electron chi connectivity index (χ4n) is 0.940. The molecule has 1 saturated heterocycles. The Labute approximate surface area is 58.6 Å². The second-order valence-corrected chi connectivity index (χ2v) is 2.43. The highest BCUT2D eigenvalue weighted by atomic mass is 16.6. The van der Waals surface area contributed by atoms with E-state index in [4.69, 9.17) is 10.5 Å². The van der Waals surface area contributed by atoms with E-state index in [-0.39, 0.29) is 6.10 Å². The number of hydrogen-bond acceptors (Lipinski definition) is 3. The van der Waals surface area contributed by atoms with Crippen molar-refractivity contribution in [3.05, 3.63) is 11.8 Å². The molecule has 1 atom stereocenters. The number of hydrogen-bond donors (Lipinski definition) is 1. The summed E-state index contributed by atoms with van der Waals surface area (Å²) in [7, 11) is 1.82. The van der Waals surface area contributed by atoms with Crippen molar-refractivity contribution in [2.75, 3.05) is 12.3 Å².